The molecule has 6 nitrogen and oxygen atoms in total. The number of carbonyl (C=O) groups is 1. The van der Waals surface area contributed by atoms with Crippen molar-refractivity contribution in [3.63, 3.8) is 0 Å². The zero-order valence-electron chi connectivity index (χ0n) is 13.1. The van der Waals surface area contributed by atoms with Crippen LogP contribution in [0.4, 0.5) is 0 Å². The van der Waals surface area contributed by atoms with Gasteiger partial charge < -0.3 is 21.2 Å². The molecular formula is C15H24N4O2. The van der Waals surface area contributed by atoms with Crippen molar-refractivity contribution < 1.29 is 10.0 Å². The Kier molecular flexibility index (Phi) is 5.72. The highest BCUT2D eigenvalue weighted by molar-refractivity contribution is 5.97. The van der Waals surface area contributed by atoms with Crippen molar-refractivity contribution >= 4 is 11.7 Å². The quantitative estimate of drug-likeness (QED) is 0.313. The fourth-order valence-electron chi connectivity index (χ4n) is 1.57. The number of nitrogens with zero attached hydrogens (tertiary/aromatic N) is 2. The van der Waals surface area contributed by atoms with E-state index in [1.807, 2.05) is 14.1 Å². The molecule has 0 atom stereocenters. The molecule has 1 aromatic carbocycles. The van der Waals surface area contributed by atoms with Gasteiger partial charge in [-0.15, -0.1) is 0 Å². The number of nitrogens with one attached hydrogen (secondary N) is 1. The second kappa shape index (κ2) is 7.08. The predicted octanol–water partition coefficient (Wildman–Crippen LogP) is 0.780. The molecule has 0 bridgehead atoms. The van der Waals surface area contributed by atoms with Crippen molar-refractivity contribution in [3.05, 3.63) is 35.4 Å². The summed E-state index contributed by atoms with van der Waals surface area (Å²) < 4.78 is 0. The normalized spacial score (nSPS) is 12.5. The largest absolute Gasteiger partial charge is 0.409 e. The lowest BCUT2D eigenvalue weighted by atomic mass is 10.0. The number of amidine groups is 1. The van der Waals surface area contributed by atoms with Crippen LogP contribution < -0.4 is 11.1 Å². The lowest BCUT2D eigenvalue weighted by Gasteiger charge is -2.32. The van der Waals surface area contributed by atoms with Crippen molar-refractivity contribution in [2.75, 3.05) is 20.6 Å². The Balaban J connectivity index is 2.56. The highest BCUT2D eigenvalue weighted by atomic mass is 16.4. The molecule has 0 radical (unpaired) electrons. The third-order valence-electron chi connectivity index (χ3n) is 3.65. The first-order valence-electron chi connectivity index (χ1n) is 6.77. The minimum absolute atomic E-state index is 0.0264. The number of likely N-dealkylation sites (N-methyl/N-ethyl adjacent to an activating group) is 1. The summed E-state index contributed by atoms with van der Waals surface area (Å²) in [7, 11) is 3.97. The molecular weight excluding hydrogens is 268 g/mol. The van der Waals surface area contributed by atoms with E-state index in [0.717, 1.165) is 5.56 Å². The molecule has 4 N–H and O–H groups in total. The minimum atomic E-state index is -0.0917. The lowest BCUT2D eigenvalue weighted by molar-refractivity contribution is -0.120. The van der Waals surface area contributed by atoms with Crippen molar-refractivity contribution in [1.82, 2.24) is 10.2 Å². The van der Waals surface area contributed by atoms with E-state index in [-0.39, 0.29) is 17.3 Å². The van der Waals surface area contributed by atoms with Gasteiger partial charge in [0.15, 0.2) is 5.84 Å². The van der Waals surface area contributed by atoms with Gasteiger partial charge in [-0.1, -0.05) is 29.4 Å². The molecule has 0 heterocycles. The van der Waals surface area contributed by atoms with Crippen molar-refractivity contribution in [2.24, 2.45) is 10.9 Å². The summed E-state index contributed by atoms with van der Waals surface area (Å²) in [5.74, 6) is 0.0280. The maximum Gasteiger partial charge on any atom is 0.224 e. The second-order valence-electron chi connectivity index (χ2n) is 5.84. The van der Waals surface area contributed by atoms with Gasteiger partial charge in [-0.2, -0.15) is 0 Å². The molecule has 0 aliphatic heterocycles. The fraction of sp³-hybridized carbons (Fsp3) is 0.467. The molecule has 6 heteroatoms. The number of nitrogens with two attached hydrogens (primary N) is 1. The molecule has 0 aliphatic carbocycles. The third-order valence-corrected chi connectivity index (χ3v) is 3.65. The minimum Gasteiger partial charge on any atom is -0.409 e. The third kappa shape index (κ3) is 5.07. The van der Waals surface area contributed by atoms with Gasteiger partial charge in [0.05, 0.1) is 6.42 Å². The molecule has 1 aromatic rings. The van der Waals surface area contributed by atoms with Crippen LogP contribution in [-0.2, 0) is 11.2 Å². The standard InChI is InChI=1S/C15H24N4O2/c1-15(2,19(3)4)10-17-13(20)9-11-5-7-12(8-6-11)14(16)18-21/h5-8,21H,9-10H2,1-4H3,(H2,16,18)(H,17,20). The number of benzene rings is 1. The molecule has 1 rings (SSSR count). The fourth-order valence-corrected chi connectivity index (χ4v) is 1.57. The Bertz CT molecular complexity index is 507. The van der Waals surface area contributed by atoms with Gasteiger partial charge in [-0.3, -0.25) is 4.79 Å². The Hall–Kier alpha value is -2.08. The van der Waals surface area contributed by atoms with Crippen LogP contribution in [0, 0.1) is 0 Å². The average Bonchev–Trinajstić information content (AvgIpc) is 2.45. The molecule has 0 saturated carbocycles. The number of hydrogen-bond donors (Lipinski definition) is 3. The van der Waals surface area contributed by atoms with Crippen LogP contribution in [0.15, 0.2) is 29.4 Å². The molecule has 0 spiro atoms. The maximum absolute atomic E-state index is 11.9. The zero-order chi connectivity index (χ0) is 16.0. The summed E-state index contributed by atoms with van der Waals surface area (Å²) >= 11 is 0. The number of rotatable bonds is 6. The lowest BCUT2D eigenvalue weighted by Crippen LogP contribution is -2.48. The topological polar surface area (TPSA) is 91.0 Å². The van der Waals surface area contributed by atoms with E-state index >= 15 is 0 Å². The highest BCUT2D eigenvalue weighted by Gasteiger charge is 2.20. The van der Waals surface area contributed by atoms with E-state index in [0.29, 0.717) is 18.5 Å². The number of amides is 1. The Morgan fingerprint density at radius 3 is 2.38 bits per heavy atom. The average molecular weight is 292 g/mol. The van der Waals surface area contributed by atoms with E-state index in [2.05, 4.69) is 29.2 Å². The van der Waals surface area contributed by atoms with Gasteiger partial charge >= 0.3 is 0 Å². The molecule has 0 unspecified atom stereocenters. The van der Waals surface area contributed by atoms with Gasteiger partial charge in [0.1, 0.15) is 0 Å². The molecule has 21 heavy (non-hydrogen) atoms. The number of hydrogen-bond acceptors (Lipinski definition) is 4. The van der Waals surface area contributed by atoms with Crippen molar-refractivity contribution in [1.29, 1.82) is 0 Å². The summed E-state index contributed by atoms with van der Waals surface area (Å²) in [6.07, 6.45) is 0.306. The van der Waals surface area contributed by atoms with Gasteiger partial charge in [0.25, 0.3) is 0 Å². The molecule has 116 valence electrons. The van der Waals surface area contributed by atoms with Gasteiger partial charge in [-0.05, 0) is 33.5 Å². The van der Waals surface area contributed by atoms with Crippen LogP contribution >= 0.6 is 0 Å². The Morgan fingerprint density at radius 1 is 1.33 bits per heavy atom. The first-order chi connectivity index (χ1) is 9.76. The van der Waals surface area contributed by atoms with Gasteiger partial charge in [-0.25, -0.2) is 0 Å². The van der Waals surface area contributed by atoms with E-state index in [4.69, 9.17) is 10.9 Å². The first kappa shape index (κ1) is 17.0. The Labute approximate surface area is 125 Å². The van der Waals surface area contributed by atoms with E-state index in [9.17, 15) is 4.79 Å². The van der Waals surface area contributed by atoms with E-state index in [1.165, 1.54) is 0 Å². The maximum atomic E-state index is 11.9. The van der Waals surface area contributed by atoms with Crippen molar-refractivity contribution in [3.8, 4) is 0 Å². The SMILES string of the molecule is CN(C)C(C)(C)CNC(=O)Cc1ccc(C(N)=NO)cc1. The summed E-state index contributed by atoms with van der Waals surface area (Å²) in [6.45, 7) is 4.72. The predicted molar refractivity (Wildman–Crippen MR) is 83.4 cm³/mol. The summed E-state index contributed by atoms with van der Waals surface area (Å²) in [5.41, 5.74) is 6.89. The van der Waals surface area contributed by atoms with Crippen LogP contribution in [0.5, 0.6) is 0 Å². The summed E-state index contributed by atoms with van der Waals surface area (Å²) in [4.78, 5) is 14.0. The van der Waals surface area contributed by atoms with Crippen LogP contribution in [0.1, 0.15) is 25.0 Å². The summed E-state index contributed by atoms with van der Waals surface area (Å²) in [5, 5.41) is 14.5. The van der Waals surface area contributed by atoms with E-state index in [1.54, 1.807) is 24.3 Å². The molecule has 0 fully saturated rings. The van der Waals surface area contributed by atoms with Crippen LogP contribution in [-0.4, -0.2) is 48.0 Å². The molecule has 0 aromatic heterocycles. The van der Waals surface area contributed by atoms with Crippen LogP contribution in [0.25, 0.3) is 0 Å². The Morgan fingerprint density at radius 2 is 1.90 bits per heavy atom. The van der Waals surface area contributed by atoms with Crippen molar-refractivity contribution in [2.45, 2.75) is 25.8 Å². The monoisotopic (exact) mass is 292 g/mol. The molecule has 0 aliphatic rings. The molecule has 0 saturated heterocycles. The number of oxime groups is 1. The van der Waals surface area contributed by atoms with Gasteiger partial charge in [0.2, 0.25) is 5.91 Å². The molecule has 1 amide bonds. The van der Waals surface area contributed by atoms with Crippen LogP contribution in [0.3, 0.4) is 0 Å². The second-order valence-corrected chi connectivity index (χ2v) is 5.84. The smallest absolute Gasteiger partial charge is 0.224 e. The van der Waals surface area contributed by atoms with E-state index < -0.39 is 0 Å². The summed E-state index contributed by atoms with van der Waals surface area (Å²) in [6, 6.07) is 7.04. The van der Waals surface area contributed by atoms with Crippen LogP contribution in [0.2, 0.25) is 0 Å². The van der Waals surface area contributed by atoms with Gasteiger partial charge in [0, 0.05) is 17.6 Å². The zero-order valence-corrected chi connectivity index (χ0v) is 13.1. The first-order valence-corrected chi connectivity index (χ1v) is 6.77. The number of carbonyl (C=O) groups excluding carboxylic acids is 1. The highest BCUT2D eigenvalue weighted by Crippen LogP contribution is 2.09.